The lowest BCUT2D eigenvalue weighted by Crippen LogP contribution is -2.29. The van der Waals surface area contributed by atoms with Gasteiger partial charge in [0.1, 0.15) is 0 Å². The number of esters is 1. The van der Waals surface area contributed by atoms with Crippen LogP contribution < -0.4 is 5.32 Å². The van der Waals surface area contributed by atoms with E-state index in [1.165, 1.54) is 0 Å². The molecule has 1 N–H and O–H groups in total. The van der Waals surface area contributed by atoms with Crippen LogP contribution in [0.5, 0.6) is 0 Å². The van der Waals surface area contributed by atoms with Gasteiger partial charge in [0.2, 0.25) is 0 Å². The lowest BCUT2D eigenvalue weighted by atomic mass is 9.76. The summed E-state index contributed by atoms with van der Waals surface area (Å²) < 4.78 is 5.14. The van der Waals surface area contributed by atoms with Crippen LogP contribution in [0.4, 0.5) is 5.69 Å². The summed E-state index contributed by atoms with van der Waals surface area (Å²) in [5.74, 6) is 0.411. The molecule has 2 aromatic rings. The molecule has 2 aromatic carbocycles. The molecule has 0 spiro atoms. The maximum atomic E-state index is 12.1. The molecule has 0 aromatic heterocycles. The fourth-order valence-corrected chi connectivity index (χ4v) is 4.22. The van der Waals surface area contributed by atoms with Crippen LogP contribution in [0.2, 0.25) is 5.02 Å². The molecule has 0 radical (unpaired) electrons. The highest BCUT2D eigenvalue weighted by atomic mass is 35.5. The normalized spacial score (nSPS) is 23.5. The summed E-state index contributed by atoms with van der Waals surface area (Å²) in [6, 6.07) is 14.0. The van der Waals surface area contributed by atoms with Crippen molar-refractivity contribution < 1.29 is 9.53 Å². The third-order valence-electron chi connectivity index (χ3n) is 5.11. The van der Waals surface area contributed by atoms with Crippen molar-refractivity contribution in [2.24, 2.45) is 5.92 Å². The smallest absolute Gasteiger partial charge is 0.338 e. The zero-order valence-corrected chi connectivity index (χ0v) is 14.8. The van der Waals surface area contributed by atoms with E-state index < -0.39 is 0 Å². The number of hydrogen-bond acceptors (Lipinski definition) is 3. The molecule has 0 saturated heterocycles. The van der Waals surface area contributed by atoms with Crippen LogP contribution in [0, 0.1) is 5.92 Å². The lowest BCUT2D eigenvalue weighted by molar-refractivity contribution is 0.0526. The van der Waals surface area contributed by atoms with Crippen LogP contribution in [-0.2, 0) is 4.74 Å². The van der Waals surface area contributed by atoms with Crippen molar-refractivity contribution >= 4 is 23.3 Å². The van der Waals surface area contributed by atoms with Crippen LogP contribution in [0.3, 0.4) is 0 Å². The van der Waals surface area contributed by atoms with Gasteiger partial charge in [-0.1, -0.05) is 42.0 Å². The van der Waals surface area contributed by atoms with Crippen molar-refractivity contribution in [1.82, 2.24) is 0 Å². The molecule has 0 amide bonds. The second-order valence-electron chi connectivity index (χ2n) is 6.52. The molecule has 0 unspecified atom stereocenters. The second-order valence-corrected chi connectivity index (χ2v) is 6.93. The summed E-state index contributed by atoms with van der Waals surface area (Å²) in [6.07, 6.45) is 5.48. The summed E-state index contributed by atoms with van der Waals surface area (Å²) in [4.78, 5) is 12.1. The van der Waals surface area contributed by atoms with E-state index in [1.807, 2.05) is 43.3 Å². The first-order valence-corrected chi connectivity index (χ1v) is 9.05. The molecule has 4 heteroatoms. The highest BCUT2D eigenvalue weighted by molar-refractivity contribution is 6.31. The second kappa shape index (κ2) is 6.57. The Bertz CT molecular complexity index is 846. The van der Waals surface area contributed by atoms with E-state index in [-0.39, 0.29) is 17.9 Å². The monoisotopic (exact) mass is 353 g/mol. The van der Waals surface area contributed by atoms with Crippen molar-refractivity contribution in [2.45, 2.75) is 25.3 Å². The van der Waals surface area contributed by atoms with E-state index >= 15 is 0 Å². The fraction of sp³-hybridized carbons (Fsp3) is 0.286. The largest absolute Gasteiger partial charge is 0.462 e. The van der Waals surface area contributed by atoms with Gasteiger partial charge in [-0.05, 0) is 54.7 Å². The Morgan fingerprint density at radius 2 is 2.08 bits per heavy atom. The number of hydrogen-bond donors (Lipinski definition) is 1. The number of carbonyl (C=O) groups excluding carboxylic acids is 1. The predicted molar refractivity (Wildman–Crippen MR) is 100 cm³/mol. The van der Waals surface area contributed by atoms with Crippen molar-refractivity contribution in [1.29, 1.82) is 0 Å². The number of benzene rings is 2. The van der Waals surface area contributed by atoms with Crippen molar-refractivity contribution in [3.63, 3.8) is 0 Å². The van der Waals surface area contributed by atoms with Crippen LogP contribution in [-0.4, -0.2) is 12.6 Å². The lowest BCUT2D eigenvalue weighted by Gasteiger charge is -2.38. The van der Waals surface area contributed by atoms with E-state index in [2.05, 4.69) is 23.5 Å². The first-order valence-electron chi connectivity index (χ1n) is 8.67. The zero-order valence-electron chi connectivity index (χ0n) is 14.0. The molecular weight excluding hydrogens is 334 g/mol. The van der Waals surface area contributed by atoms with E-state index in [1.54, 1.807) is 0 Å². The highest BCUT2D eigenvalue weighted by Gasteiger charge is 2.38. The molecule has 1 aliphatic heterocycles. The quantitative estimate of drug-likeness (QED) is 0.597. The van der Waals surface area contributed by atoms with Gasteiger partial charge >= 0.3 is 5.97 Å². The average Bonchev–Trinajstić information content (AvgIpc) is 3.11. The molecular formula is C21H20ClNO2. The number of halogens is 1. The summed E-state index contributed by atoms with van der Waals surface area (Å²) in [5, 5.41) is 4.44. The number of ether oxygens (including phenoxy) is 1. The van der Waals surface area contributed by atoms with Gasteiger partial charge in [0.25, 0.3) is 0 Å². The Kier molecular flexibility index (Phi) is 4.26. The van der Waals surface area contributed by atoms with Gasteiger partial charge in [0.05, 0.1) is 18.2 Å². The van der Waals surface area contributed by atoms with Gasteiger partial charge in [-0.2, -0.15) is 0 Å². The molecule has 128 valence electrons. The molecule has 1 heterocycles. The van der Waals surface area contributed by atoms with Crippen LogP contribution >= 0.6 is 11.6 Å². The Hall–Kier alpha value is -2.26. The van der Waals surface area contributed by atoms with E-state index in [4.69, 9.17) is 16.3 Å². The number of allylic oxidation sites excluding steroid dienone is 2. The Labute approximate surface area is 152 Å². The summed E-state index contributed by atoms with van der Waals surface area (Å²) >= 11 is 6.46. The van der Waals surface area contributed by atoms with Crippen molar-refractivity contribution in [3.05, 3.63) is 76.3 Å². The van der Waals surface area contributed by atoms with Gasteiger partial charge in [-0.15, -0.1) is 0 Å². The number of anilines is 1. The van der Waals surface area contributed by atoms with Gasteiger partial charge in [-0.3, -0.25) is 0 Å². The van der Waals surface area contributed by atoms with Crippen molar-refractivity contribution in [2.75, 3.05) is 11.9 Å². The molecule has 25 heavy (non-hydrogen) atoms. The van der Waals surface area contributed by atoms with Crippen LogP contribution in [0.15, 0.2) is 54.6 Å². The number of carbonyl (C=O) groups is 1. The number of fused-ring (bicyclic) bond motifs is 3. The molecule has 0 bridgehead atoms. The molecule has 2 aliphatic rings. The molecule has 3 atom stereocenters. The Morgan fingerprint density at radius 3 is 2.88 bits per heavy atom. The van der Waals surface area contributed by atoms with E-state index in [9.17, 15) is 4.79 Å². The highest BCUT2D eigenvalue weighted by Crippen LogP contribution is 2.50. The maximum Gasteiger partial charge on any atom is 0.338 e. The Morgan fingerprint density at radius 1 is 1.24 bits per heavy atom. The number of nitrogens with one attached hydrogen (secondary N) is 1. The summed E-state index contributed by atoms with van der Waals surface area (Å²) in [5.41, 5.74) is 3.96. The van der Waals surface area contributed by atoms with Crippen LogP contribution in [0.25, 0.3) is 0 Å². The minimum absolute atomic E-state index is 0.162. The maximum absolute atomic E-state index is 12.1. The predicted octanol–water partition coefficient (Wildman–Crippen LogP) is 5.34. The summed E-state index contributed by atoms with van der Waals surface area (Å²) in [6.45, 7) is 2.20. The van der Waals surface area contributed by atoms with E-state index in [0.29, 0.717) is 18.1 Å². The summed E-state index contributed by atoms with van der Waals surface area (Å²) in [7, 11) is 0. The van der Waals surface area contributed by atoms with Gasteiger partial charge in [0, 0.05) is 16.6 Å². The molecule has 1 aliphatic carbocycles. The van der Waals surface area contributed by atoms with E-state index in [0.717, 1.165) is 28.3 Å². The van der Waals surface area contributed by atoms with Crippen molar-refractivity contribution in [3.8, 4) is 0 Å². The minimum atomic E-state index is -0.267. The molecule has 4 rings (SSSR count). The number of rotatable bonds is 3. The van der Waals surface area contributed by atoms with Gasteiger partial charge < -0.3 is 10.1 Å². The molecule has 3 nitrogen and oxygen atoms in total. The fourth-order valence-electron chi connectivity index (χ4n) is 3.97. The topological polar surface area (TPSA) is 38.3 Å². The average molecular weight is 354 g/mol. The Balaban J connectivity index is 1.74. The third kappa shape index (κ3) is 2.83. The first kappa shape index (κ1) is 16.2. The van der Waals surface area contributed by atoms with Gasteiger partial charge in [0.15, 0.2) is 0 Å². The van der Waals surface area contributed by atoms with Crippen LogP contribution in [0.1, 0.15) is 46.8 Å². The minimum Gasteiger partial charge on any atom is -0.462 e. The standard InChI is InChI=1S/C21H20ClNO2/c1-2-25-21(24)13-10-11-19-17(12-13)14-7-5-8-15(14)20(23-19)16-6-3-4-9-18(16)22/h3-7,9-12,14-15,20,23H,2,8H2,1H3/t14-,15+,20+/m1/s1. The molecule has 0 saturated carbocycles. The molecule has 0 fully saturated rings. The first-order chi connectivity index (χ1) is 12.2. The third-order valence-corrected chi connectivity index (χ3v) is 5.46. The zero-order chi connectivity index (χ0) is 17.4. The SMILES string of the molecule is CCOC(=O)c1ccc2c(c1)[C@@H]1C=CC[C@@H]1[C@@H](c1ccccc1Cl)N2. The van der Waals surface area contributed by atoms with Gasteiger partial charge in [-0.25, -0.2) is 4.79 Å².